The first-order chi connectivity index (χ1) is 12.6. The van der Waals surface area contributed by atoms with E-state index in [4.69, 9.17) is 4.42 Å². The van der Waals surface area contributed by atoms with E-state index in [0.29, 0.717) is 17.5 Å². The number of nitrogens with zero attached hydrogens (tertiary/aromatic N) is 2. The summed E-state index contributed by atoms with van der Waals surface area (Å²) in [5.41, 5.74) is 4.97. The van der Waals surface area contributed by atoms with Gasteiger partial charge in [0.1, 0.15) is 5.71 Å². The molecule has 0 aliphatic carbocycles. The normalized spacial score (nSPS) is 14.2. The van der Waals surface area contributed by atoms with E-state index in [-0.39, 0.29) is 0 Å². The molecule has 128 valence electrons. The van der Waals surface area contributed by atoms with E-state index in [0.717, 1.165) is 37.3 Å². The van der Waals surface area contributed by atoms with Crippen LogP contribution >= 0.6 is 27.3 Å². The summed E-state index contributed by atoms with van der Waals surface area (Å²) in [5, 5.41) is 10.1. The Labute approximate surface area is 160 Å². The summed E-state index contributed by atoms with van der Waals surface area (Å²) in [6, 6.07) is 12.1. The third-order valence-corrected chi connectivity index (χ3v) is 6.21. The SMILES string of the molecule is CC1=NN=C(c2cc3c(Br)cccc3s2)c2cc3oc(=O)[nH]c3cc2C1. The van der Waals surface area contributed by atoms with E-state index in [9.17, 15) is 4.79 Å². The van der Waals surface area contributed by atoms with Crippen LogP contribution in [-0.2, 0) is 6.42 Å². The number of H-pyrrole nitrogens is 1. The monoisotopic (exact) mass is 425 g/mol. The van der Waals surface area contributed by atoms with Crippen LogP contribution in [0.25, 0.3) is 21.2 Å². The Kier molecular flexibility index (Phi) is 3.48. The van der Waals surface area contributed by atoms with Crippen molar-refractivity contribution >= 4 is 59.9 Å². The molecular weight excluding hydrogens is 414 g/mol. The summed E-state index contributed by atoms with van der Waals surface area (Å²) in [7, 11) is 0. The Morgan fingerprint density at radius 2 is 2.12 bits per heavy atom. The Morgan fingerprint density at radius 1 is 1.23 bits per heavy atom. The molecule has 4 aromatic rings. The molecule has 0 saturated heterocycles. The van der Waals surface area contributed by atoms with Gasteiger partial charge in [-0.2, -0.15) is 5.10 Å². The van der Waals surface area contributed by atoms with Gasteiger partial charge in [-0.1, -0.05) is 22.0 Å². The molecule has 0 amide bonds. The number of hydrogen-bond donors (Lipinski definition) is 1. The molecule has 0 atom stereocenters. The van der Waals surface area contributed by atoms with Crippen LogP contribution in [0.2, 0.25) is 0 Å². The molecule has 2 aromatic heterocycles. The maximum absolute atomic E-state index is 11.6. The Bertz CT molecular complexity index is 1310. The summed E-state index contributed by atoms with van der Waals surface area (Å²) in [6.07, 6.45) is 0.681. The molecule has 0 fully saturated rings. The van der Waals surface area contributed by atoms with Gasteiger partial charge in [-0.15, -0.1) is 16.4 Å². The van der Waals surface area contributed by atoms with E-state index < -0.39 is 5.76 Å². The average Bonchev–Trinajstić information content (AvgIpc) is 3.14. The molecule has 0 spiro atoms. The highest BCUT2D eigenvalue weighted by atomic mass is 79.9. The van der Waals surface area contributed by atoms with Crippen molar-refractivity contribution < 1.29 is 4.42 Å². The first-order valence-electron chi connectivity index (χ1n) is 8.04. The molecule has 1 aliphatic heterocycles. The second-order valence-corrected chi connectivity index (χ2v) is 8.18. The molecule has 0 unspecified atom stereocenters. The zero-order chi connectivity index (χ0) is 17.8. The molecule has 5 rings (SSSR count). The minimum atomic E-state index is -0.449. The van der Waals surface area contributed by atoms with Gasteiger partial charge < -0.3 is 4.42 Å². The molecule has 5 nitrogen and oxygen atoms in total. The van der Waals surface area contributed by atoms with E-state index in [2.05, 4.69) is 43.2 Å². The summed E-state index contributed by atoms with van der Waals surface area (Å²) in [6.45, 7) is 1.96. The maximum atomic E-state index is 11.6. The minimum absolute atomic E-state index is 0.449. The molecule has 3 heterocycles. The molecule has 1 aliphatic rings. The van der Waals surface area contributed by atoms with Crippen LogP contribution in [0.1, 0.15) is 22.9 Å². The highest BCUT2D eigenvalue weighted by Gasteiger charge is 2.20. The second kappa shape index (κ2) is 5.75. The van der Waals surface area contributed by atoms with Crippen molar-refractivity contribution in [2.45, 2.75) is 13.3 Å². The standard InChI is InChI=1S/C19H12BrN3O2S/c1-9-5-10-6-14-15(25-19(24)21-14)7-11(10)18(23-22-9)17-8-12-13(20)3-2-4-16(12)26-17/h2-4,6-8H,5H2,1H3,(H,21,24). The van der Waals surface area contributed by atoms with Gasteiger partial charge in [0.15, 0.2) is 5.58 Å². The fraction of sp³-hybridized carbons (Fsp3) is 0.105. The van der Waals surface area contributed by atoms with Crippen LogP contribution in [0.15, 0.2) is 60.3 Å². The Balaban J connectivity index is 1.79. The molecular formula is C19H12BrN3O2S. The number of rotatable bonds is 1. The lowest BCUT2D eigenvalue weighted by atomic mass is 9.97. The fourth-order valence-electron chi connectivity index (χ4n) is 3.23. The average molecular weight is 426 g/mol. The maximum Gasteiger partial charge on any atom is 0.417 e. The Morgan fingerprint density at radius 3 is 2.96 bits per heavy atom. The van der Waals surface area contributed by atoms with E-state index in [1.165, 1.54) is 4.70 Å². The summed E-state index contributed by atoms with van der Waals surface area (Å²) < 4.78 is 7.49. The molecule has 7 heteroatoms. The number of nitrogens with one attached hydrogen (secondary N) is 1. The zero-order valence-electron chi connectivity index (χ0n) is 13.7. The Hall–Kier alpha value is -2.51. The number of aromatic amines is 1. The molecule has 2 aromatic carbocycles. The van der Waals surface area contributed by atoms with Crippen LogP contribution in [-0.4, -0.2) is 16.4 Å². The molecule has 0 radical (unpaired) electrons. The van der Waals surface area contributed by atoms with E-state index in [1.54, 1.807) is 11.3 Å². The quantitative estimate of drug-likeness (QED) is 0.472. The predicted molar refractivity (Wildman–Crippen MR) is 109 cm³/mol. The number of benzene rings is 2. The van der Waals surface area contributed by atoms with Gasteiger partial charge >= 0.3 is 5.76 Å². The largest absolute Gasteiger partial charge is 0.417 e. The lowest BCUT2D eigenvalue weighted by molar-refractivity contribution is 0.555. The van der Waals surface area contributed by atoms with Crippen LogP contribution in [0.4, 0.5) is 0 Å². The van der Waals surface area contributed by atoms with Crippen LogP contribution in [0.5, 0.6) is 0 Å². The number of aromatic nitrogens is 1. The second-order valence-electron chi connectivity index (χ2n) is 6.24. The third kappa shape index (κ3) is 2.47. The molecule has 0 bridgehead atoms. The van der Waals surface area contributed by atoms with Gasteiger partial charge in [0.25, 0.3) is 0 Å². The first kappa shape index (κ1) is 15.7. The van der Waals surface area contributed by atoms with Gasteiger partial charge in [0.05, 0.1) is 10.4 Å². The zero-order valence-corrected chi connectivity index (χ0v) is 16.1. The number of hydrogen-bond acceptors (Lipinski definition) is 5. The lowest BCUT2D eigenvalue weighted by Crippen LogP contribution is -2.05. The van der Waals surface area contributed by atoms with Gasteiger partial charge in [-0.25, -0.2) is 4.79 Å². The summed E-state index contributed by atoms with van der Waals surface area (Å²) in [4.78, 5) is 15.3. The molecule has 26 heavy (non-hydrogen) atoms. The summed E-state index contributed by atoms with van der Waals surface area (Å²) in [5.74, 6) is -0.449. The lowest BCUT2D eigenvalue weighted by Gasteiger charge is -2.07. The molecule has 0 saturated carbocycles. The van der Waals surface area contributed by atoms with Crippen molar-refractivity contribution in [1.29, 1.82) is 0 Å². The number of oxazole rings is 1. The topological polar surface area (TPSA) is 70.7 Å². The highest BCUT2D eigenvalue weighted by molar-refractivity contribution is 9.10. The van der Waals surface area contributed by atoms with Crippen molar-refractivity contribution in [3.05, 3.63) is 67.4 Å². The number of thiophene rings is 1. The predicted octanol–water partition coefficient (Wildman–Crippen LogP) is 4.87. The first-order valence-corrected chi connectivity index (χ1v) is 9.65. The van der Waals surface area contributed by atoms with Crippen molar-refractivity contribution in [2.75, 3.05) is 0 Å². The minimum Gasteiger partial charge on any atom is -0.408 e. The van der Waals surface area contributed by atoms with Crippen molar-refractivity contribution in [3.63, 3.8) is 0 Å². The van der Waals surface area contributed by atoms with Crippen molar-refractivity contribution in [1.82, 2.24) is 4.98 Å². The highest BCUT2D eigenvalue weighted by Crippen LogP contribution is 2.34. The van der Waals surface area contributed by atoms with Crippen LogP contribution in [0, 0.1) is 0 Å². The van der Waals surface area contributed by atoms with Gasteiger partial charge in [0.2, 0.25) is 0 Å². The van der Waals surface area contributed by atoms with Crippen molar-refractivity contribution in [3.8, 4) is 0 Å². The smallest absolute Gasteiger partial charge is 0.408 e. The van der Waals surface area contributed by atoms with Gasteiger partial charge in [-0.05, 0) is 42.8 Å². The van der Waals surface area contributed by atoms with Gasteiger partial charge in [0, 0.05) is 32.3 Å². The van der Waals surface area contributed by atoms with E-state index >= 15 is 0 Å². The summed E-state index contributed by atoms with van der Waals surface area (Å²) >= 11 is 5.28. The molecule has 1 N–H and O–H groups in total. The van der Waals surface area contributed by atoms with Crippen molar-refractivity contribution in [2.24, 2.45) is 10.2 Å². The number of halogens is 1. The van der Waals surface area contributed by atoms with E-state index in [1.807, 2.05) is 31.2 Å². The fourth-order valence-corrected chi connectivity index (χ4v) is 4.93. The third-order valence-electron chi connectivity index (χ3n) is 4.41. The van der Waals surface area contributed by atoms with Crippen LogP contribution < -0.4 is 5.76 Å². The van der Waals surface area contributed by atoms with Crippen LogP contribution in [0.3, 0.4) is 0 Å². The number of fused-ring (bicyclic) bond motifs is 3. The van der Waals surface area contributed by atoms with Gasteiger partial charge in [-0.3, -0.25) is 4.98 Å².